The Morgan fingerprint density at radius 1 is 1.02 bits per heavy atom. The summed E-state index contributed by atoms with van der Waals surface area (Å²) in [5.74, 6) is 1.47. The van der Waals surface area contributed by atoms with Crippen molar-refractivity contribution in [2.45, 2.75) is 70.7 Å². The number of nitrogens with zero attached hydrogens (tertiary/aromatic N) is 8. The topological polar surface area (TPSA) is 106 Å². The molecule has 0 radical (unpaired) electrons. The smallest absolute Gasteiger partial charge is 0.434 e. The number of benzene rings is 1. The van der Waals surface area contributed by atoms with Crippen LogP contribution in [-0.4, -0.2) is 61.1 Å². The van der Waals surface area contributed by atoms with Crippen LogP contribution in [0.15, 0.2) is 36.8 Å². The van der Waals surface area contributed by atoms with Crippen LogP contribution in [0.25, 0.3) is 33.8 Å². The standard InChI is InChI=1S/C32H37F3N8O2Si/c1-19-28-27(40-29(38-19)25-26(21-11-12-21)36-17-37-31(25)44-3)23(41-43(28)18-45-13-14-46(4,5)6)15-20-7-9-22(10-8-20)30-39-24(16-42(30)2)32(33,34)35/h7-10,16-17,21H,11-15,18H2,1-6H3. The highest BCUT2D eigenvalue weighted by Crippen LogP contribution is 2.45. The van der Waals surface area contributed by atoms with Crippen LogP contribution in [0.5, 0.6) is 5.88 Å². The number of alkyl halides is 3. The zero-order valence-corrected chi connectivity index (χ0v) is 27.8. The molecule has 0 aliphatic heterocycles. The fourth-order valence-corrected chi connectivity index (χ4v) is 6.18. The molecule has 4 aromatic heterocycles. The van der Waals surface area contributed by atoms with E-state index < -0.39 is 19.9 Å². The van der Waals surface area contributed by atoms with E-state index in [4.69, 9.17) is 24.5 Å². The first kappa shape index (κ1) is 31.8. The molecule has 1 aliphatic rings. The number of halogens is 3. The Morgan fingerprint density at radius 3 is 2.39 bits per heavy atom. The van der Waals surface area contributed by atoms with Crippen LogP contribution in [-0.2, 0) is 31.1 Å². The second kappa shape index (κ2) is 12.2. The van der Waals surface area contributed by atoms with Crippen LogP contribution in [0, 0.1) is 6.92 Å². The van der Waals surface area contributed by atoms with Crippen LogP contribution in [0.2, 0.25) is 25.7 Å². The Labute approximate surface area is 266 Å². The van der Waals surface area contributed by atoms with Gasteiger partial charge in [0, 0.05) is 45.8 Å². The Balaban J connectivity index is 1.38. The zero-order valence-electron chi connectivity index (χ0n) is 26.8. The quantitative estimate of drug-likeness (QED) is 0.114. The Kier molecular flexibility index (Phi) is 8.44. The summed E-state index contributed by atoms with van der Waals surface area (Å²) in [5.41, 5.74) is 5.08. The molecule has 0 amide bonds. The highest BCUT2D eigenvalue weighted by atomic mass is 28.3. The number of fused-ring (bicyclic) bond motifs is 1. The molecule has 1 aliphatic carbocycles. The number of imidazole rings is 1. The summed E-state index contributed by atoms with van der Waals surface area (Å²) in [7, 11) is 1.85. The Hall–Kier alpha value is -4.17. The predicted molar refractivity (Wildman–Crippen MR) is 170 cm³/mol. The minimum atomic E-state index is -4.51. The number of aryl methyl sites for hydroxylation is 2. The minimum Gasteiger partial charge on any atom is -0.480 e. The van der Waals surface area contributed by atoms with Gasteiger partial charge in [-0.3, -0.25) is 0 Å². The first-order chi connectivity index (χ1) is 21.8. The summed E-state index contributed by atoms with van der Waals surface area (Å²) in [5, 5.41) is 4.95. The van der Waals surface area contributed by atoms with Crippen LogP contribution >= 0.6 is 0 Å². The van der Waals surface area contributed by atoms with E-state index in [1.807, 2.05) is 23.7 Å². The van der Waals surface area contributed by atoms with Crippen molar-refractivity contribution in [2.75, 3.05) is 13.7 Å². The summed E-state index contributed by atoms with van der Waals surface area (Å²) >= 11 is 0. The lowest BCUT2D eigenvalue weighted by atomic mass is 10.1. The number of hydrogen-bond donors (Lipinski definition) is 0. The molecular formula is C32H37F3N8O2Si. The van der Waals surface area contributed by atoms with Gasteiger partial charge in [0.25, 0.3) is 0 Å². The maximum Gasteiger partial charge on any atom is 0.434 e. The van der Waals surface area contributed by atoms with Crippen molar-refractivity contribution < 1.29 is 22.6 Å². The molecule has 0 saturated heterocycles. The third-order valence-electron chi connectivity index (χ3n) is 8.01. The number of hydrogen-bond acceptors (Lipinski definition) is 8. The molecule has 1 aromatic carbocycles. The highest BCUT2D eigenvalue weighted by molar-refractivity contribution is 6.76. The maximum absolute atomic E-state index is 13.2. The highest BCUT2D eigenvalue weighted by Gasteiger charge is 2.35. The van der Waals surface area contributed by atoms with E-state index in [-0.39, 0.29) is 12.6 Å². The van der Waals surface area contributed by atoms with Gasteiger partial charge in [0.2, 0.25) is 5.88 Å². The van der Waals surface area contributed by atoms with Crippen molar-refractivity contribution in [3.8, 4) is 28.7 Å². The van der Waals surface area contributed by atoms with Gasteiger partial charge in [-0.1, -0.05) is 43.9 Å². The maximum atomic E-state index is 13.2. The summed E-state index contributed by atoms with van der Waals surface area (Å²) in [6, 6.07) is 8.33. The van der Waals surface area contributed by atoms with Crippen LogP contribution in [0.4, 0.5) is 13.2 Å². The molecule has 1 fully saturated rings. The SMILES string of the molecule is COc1ncnc(C2CC2)c1-c1nc(C)c2c(n1)c(Cc1ccc(-c3nc(C(F)(F)F)cn3C)cc1)nn2COCC[Si](C)(C)C. The van der Waals surface area contributed by atoms with Gasteiger partial charge in [-0.25, -0.2) is 29.6 Å². The third kappa shape index (κ3) is 6.68. The Morgan fingerprint density at radius 2 is 1.76 bits per heavy atom. The van der Waals surface area contributed by atoms with E-state index in [0.717, 1.165) is 53.2 Å². The van der Waals surface area contributed by atoms with Crippen molar-refractivity contribution in [3.63, 3.8) is 0 Å². The van der Waals surface area contributed by atoms with E-state index in [1.165, 1.54) is 10.9 Å². The minimum absolute atomic E-state index is 0.238. The lowest BCUT2D eigenvalue weighted by Gasteiger charge is -2.15. The van der Waals surface area contributed by atoms with Crippen LogP contribution < -0.4 is 4.74 Å². The number of rotatable bonds is 11. The molecule has 242 valence electrons. The van der Waals surface area contributed by atoms with Gasteiger partial charge < -0.3 is 14.0 Å². The largest absolute Gasteiger partial charge is 0.480 e. The van der Waals surface area contributed by atoms with E-state index in [0.29, 0.717) is 47.3 Å². The van der Waals surface area contributed by atoms with Crippen molar-refractivity contribution >= 4 is 19.1 Å². The van der Waals surface area contributed by atoms with Gasteiger partial charge in [-0.2, -0.15) is 18.3 Å². The molecule has 46 heavy (non-hydrogen) atoms. The molecule has 0 spiro atoms. The molecule has 14 heteroatoms. The molecule has 0 unspecified atom stereocenters. The van der Waals surface area contributed by atoms with Crippen molar-refractivity contribution in [1.82, 2.24) is 39.3 Å². The molecular weight excluding hydrogens is 613 g/mol. The molecule has 0 atom stereocenters. The van der Waals surface area contributed by atoms with Crippen molar-refractivity contribution in [1.29, 1.82) is 0 Å². The van der Waals surface area contributed by atoms with Gasteiger partial charge in [-0.05, 0) is 31.4 Å². The summed E-state index contributed by atoms with van der Waals surface area (Å²) in [6.45, 7) is 9.75. The first-order valence-electron chi connectivity index (χ1n) is 15.2. The zero-order chi connectivity index (χ0) is 32.8. The first-order valence-corrected chi connectivity index (χ1v) is 18.9. The van der Waals surface area contributed by atoms with Crippen molar-refractivity contribution in [2.24, 2.45) is 7.05 Å². The van der Waals surface area contributed by atoms with Gasteiger partial charge in [-0.15, -0.1) is 0 Å². The molecule has 0 bridgehead atoms. The van der Waals surface area contributed by atoms with E-state index >= 15 is 0 Å². The summed E-state index contributed by atoms with van der Waals surface area (Å²) < 4.78 is 54.6. The fourth-order valence-electron chi connectivity index (χ4n) is 5.42. The van der Waals surface area contributed by atoms with Gasteiger partial charge in [0.15, 0.2) is 11.5 Å². The third-order valence-corrected chi connectivity index (χ3v) is 9.72. The molecule has 5 aromatic rings. The van der Waals surface area contributed by atoms with Crippen LogP contribution in [0.3, 0.4) is 0 Å². The van der Waals surface area contributed by atoms with Crippen LogP contribution in [0.1, 0.15) is 47.1 Å². The lowest BCUT2D eigenvalue weighted by molar-refractivity contribution is -0.140. The molecule has 4 heterocycles. The average Bonchev–Trinajstić information content (AvgIpc) is 3.68. The number of aromatic nitrogens is 8. The molecule has 10 nitrogen and oxygen atoms in total. The fraction of sp³-hybridized carbons (Fsp3) is 0.438. The van der Waals surface area contributed by atoms with E-state index in [2.05, 4.69) is 34.6 Å². The molecule has 0 N–H and O–H groups in total. The normalized spacial score (nSPS) is 13.9. The van der Waals surface area contributed by atoms with E-state index in [9.17, 15) is 13.2 Å². The number of methoxy groups -OCH3 is 1. The second-order valence-corrected chi connectivity index (χ2v) is 18.6. The van der Waals surface area contributed by atoms with Gasteiger partial charge in [0.1, 0.15) is 35.5 Å². The molecule has 1 saturated carbocycles. The lowest BCUT2D eigenvalue weighted by Crippen LogP contribution is -2.22. The summed E-state index contributed by atoms with van der Waals surface area (Å²) in [4.78, 5) is 22.7. The average molecular weight is 651 g/mol. The molecule has 6 rings (SSSR count). The summed E-state index contributed by atoms with van der Waals surface area (Å²) in [6.07, 6.45) is 0.509. The second-order valence-electron chi connectivity index (χ2n) is 13.0. The monoisotopic (exact) mass is 650 g/mol. The van der Waals surface area contributed by atoms with Gasteiger partial charge in [0.05, 0.1) is 24.2 Å². The number of ether oxygens (including phenoxy) is 2. The van der Waals surface area contributed by atoms with Gasteiger partial charge >= 0.3 is 6.18 Å². The predicted octanol–water partition coefficient (Wildman–Crippen LogP) is 6.80. The van der Waals surface area contributed by atoms with E-state index in [1.54, 1.807) is 26.3 Å². The van der Waals surface area contributed by atoms with Crippen molar-refractivity contribution in [3.05, 3.63) is 65.1 Å². The Bertz CT molecular complexity index is 1880.